The smallest absolute Gasteiger partial charge is 0.273 e. The van der Waals surface area contributed by atoms with Crippen LogP contribution in [-0.4, -0.2) is 38.9 Å². The highest BCUT2D eigenvalue weighted by atomic mass is 32.1. The Balaban J connectivity index is 1.99. The van der Waals surface area contributed by atoms with Crippen LogP contribution < -0.4 is 39.0 Å². The number of hydrogen-bond acceptors (Lipinski definition) is 8. The summed E-state index contributed by atoms with van der Waals surface area (Å²) < 4.78 is 23.5. The summed E-state index contributed by atoms with van der Waals surface area (Å²) in [6, 6.07) is 19.7. The lowest BCUT2D eigenvalue weighted by molar-refractivity contribution is -0.111. The summed E-state index contributed by atoms with van der Waals surface area (Å²) in [6.07, 6.45) is 2.46. The Labute approximate surface area is 241 Å². The van der Waals surface area contributed by atoms with Crippen LogP contribution in [0.15, 0.2) is 65.5 Å². The van der Waals surface area contributed by atoms with Gasteiger partial charge in [0.15, 0.2) is 17.1 Å². The molecule has 0 bridgehead atoms. The first-order chi connectivity index (χ1) is 19.9. The second-order valence-corrected chi connectivity index (χ2v) is 9.70. The topological polar surface area (TPSA) is 112 Å². The largest absolute Gasteiger partial charge is 0.497 e. The molecule has 0 radical (unpaired) electrons. The minimum atomic E-state index is -0.656. The summed E-state index contributed by atoms with van der Waals surface area (Å²) in [5, 5.41) is 12.9. The Kier molecular flexibility index (Phi) is 9.12. The molecule has 4 rings (SSSR count). The van der Waals surface area contributed by atoms with E-state index in [9.17, 15) is 14.9 Å². The molecule has 10 heteroatoms. The molecule has 4 aromatic rings. The van der Waals surface area contributed by atoms with Crippen molar-refractivity contribution in [3.8, 4) is 34.8 Å². The van der Waals surface area contributed by atoms with Crippen molar-refractivity contribution in [2.45, 2.75) is 13.3 Å². The highest BCUT2D eigenvalue weighted by Gasteiger charge is 2.19. The number of benzene rings is 3. The number of nitriles is 1. The van der Waals surface area contributed by atoms with E-state index < -0.39 is 11.5 Å². The molecule has 1 amide bonds. The number of carbonyl (C=O) groups is 1. The Bertz CT molecular complexity index is 1800. The number of anilines is 1. The number of thiazole rings is 1. The van der Waals surface area contributed by atoms with Crippen molar-refractivity contribution in [3.63, 3.8) is 0 Å². The number of carbonyl (C=O) groups excluding carboxylic acids is 1. The molecule has 1 N–H and O–H groups in total. The van der Waals surface area contributed by atoms with Crippen LogP contribution in [-0.2, 0) is 11.2 Å². The van der Waals surface area contributed by atoms with Gasteiger partial charge < -0.3 is 24.3 Å². The summed E-state index contributed by atoms with van der Waals surface area (Å²) in [6.45, 7) is 2.03. The van der Waals surface area contributed by atoms with Gasteiger partial charge in [-0.2, -0.15) is 5.26 Å². The molecule has 0 unspecified atom stereocenters. The fraction of sp³-hybridized carbons (Fsp3) is 0.194. The first-order valence-electron chi connectivity index (χ1n) is 12.6. The van der Waals surface area contributed by atoms with E-state index in [2.05, 4.69) is 5.32 Å². The molecule has 0 atom stereocenters. The van der Waals surface area contributed by atoms with Crippen LogP contribution in [0, 0.1) is 11.3 Å². The zero-order chi connectivity index (χ0) is 29.5. The lowest BCUT2D eigenvalue weighted by atomic mass is 10.1. The monoisotopic (exact) mass is 571 g/mol. The maximum absolute atomic E-state index is 13.9. The van der Waals surface area contributed by atoms with Crippen molar-refractivity contribution in [2.75, 3.05) is 33.8 Å². The van der Waals surface area contributed by atoms with Gasteiger partial charge in [-0.15, -0.1) is 11.3 Å². The zero-order valence-electron chi connectivity index (χ0n) is 23.3. The molecule has 210 valence electrons. The van der Waals surface area contributed by atoms with E-state index in [-0.39, 0.29) is 14.8 Å². The molecular formula is C31H29N3O6S. The summed E-state index contributed by atoms with van der Waals surface area (Å²) in [5.41, 5.74) is 2.01. The van der Waals surface area contributed by atoms with Crippen molar-refractivity contribution in [3.05, 3.63) is 91.3 Å². The number of methoxy groups -OCH3 is 4. The van der Waals surface area contributed by atoms with Crippen molar-refractivity contribution in [1.82, 2.24) is 4.57 Å². The average Bonchev–Trinajstić information content (AvgIpc) is 3.31. The Morgan fingerprint density at radius 2 is 1.71 bits per heavy atom. The van der Waals surface area contributed by atoms with Gasteiger partial charge in [0, 0.05) is 17.3 Å². The molecule has 9 nitrogen and oxygen atoms in total. The van der Waals surface area contributed by atoms with E-state index in [0.29, 0.717) is 39.9 Å². The van der Waals surface area contributed by atoms with Gasteiger partial charge in [-0.25, -0.2) is 0 Å². The molecule has 41 heavy (non-hydrogen) atoms. The Morgan fingerprint density at radius 1 is 0.976 bits per heavy atom. The number of aromatic nitrogens is 1. The highest BCUT2D eigenvalue weighted by molar-refractivity contribution is 7.07. The minimum absolute atomic E-state index is 0.188. The van der Waals surface area contributed by atoms with Crippen molar-refractivity contribution in [2.24, 2.45) is 0 Å². The van der Waals surface area contributed by atoms with Crippen molar-refractivity contribution in [1.29, 1.82) is 5.26 Å². The third-order valence-corrected chi connectivity index (χ3v) is 7.42. The molecule has 0 saturated carbocycles. The number of aryl methyl sites for hydroxylation is 1. The van der Waals surface area contributed by atoms with Gasteiger partial charge in [-0.1, -0.05) is 25.1 Å². The quantitative estimate of drug-likeness (QED) is 0.327. The lowest BCUT2D eigenvalue weighted by Crippen LogP contribution is -2.32. The third-order valence-electron chi connectivity index (χ3n) is 6.33. The van der Waals surface area contributed by atoms with E-state index >= 15 is 0 Å². The standard InChI is InChI=1S/C31H29N3O6S/c1-6-19-10-13-22(14-11-19)34-30(36)26(16-20-12-15-25(38-3)28(40-5)27(20)39-4)41-31(34)24(18-32)29(35)33-21-8-7-9-23(17-21)37-2/h7-17H,6H2,1-5H3,(H,33,35)/b26-16-,31-24+. The maximum Gasteiger partial charge on any atom is 0.273 e. The van der Waals surface area contributed by atoms with Gasteiger partial charge in [0.05, 0.1) is 38.7 Å². The Hall–Kier alpha value is -5.01. The van der Waals surface area contributed by atoms with Gasteiger partial charge in [0.25, 0.3) is 11.5 Å². The van der Waals surface area contributed by atoms with Gasteiger partial charge in [0.1, 0.15) is 16.5 Å². The fourth-order valence-corrected chi connectivity index (χ4v) is 5.33. The van der Waals surface area contributed by atoms with Crippen LogP contribution in [0.25, 0.3) is 17.3 Å². The van der Waals surface area contributed by atoms with Crippen LogP contribution in [0.1, 0.15) is 18.1 Å². The van der Waals surface area contributed by atoms with Crippen LogP contribution >= 0.6 is 11.3 Å². The van der Waals surface area contributed by atoms with E-state index in [0.717, 1.165) is 23.3 Å². The molecule has 0 aliphatic heterocycles. The fourth-order valence-electron chi connectivity index (χ4n) is 4.23. The first kappa shape index (κ1) is 29.0. The normalized spacial score (nSPS) is 11.9. The lowest BCUT2D eigenvalue weighted by Gasteiger charge is -2.13. The van der Waals surface area contributed by atoms with E-state index in [1.165, 1.54) is 33.0 Å². The minimum Gasteiger partial charge on any atom is -0.497 e. The van der Waals surface area contributed by atoms with Gasteiger partial charge in [-0.05, 0) is 54.5 Å². The van der Waals surface area contributed by atoms with Crippen LogP contribution in [0.4, 0.5) is 5.69 Å². The van der Waals surface area contributed by atoms with Gasteiger partial charge >= 0.3 is 0 Å². The molecule has 0 fully saturated rings. The number of rotatable bonds is 9. The predicted molar refractivity (Wildman–Crippen MR) is 159 cm³/mol. The first-order valence-corrected chi connectivity index (χ1v) is 13.4. The number of hydrogen-bond donors (Lipinski definition) is 1. The molecule has 1 aromatic heterocycles. The summed E-state index contributed by atoms with van der Waals surface area (Å²) in [4.78, 5) is 27.3. The van der Waals surface area contributed by atoms with Crippen LogP contribution in [0.5, 0.6) is 23.0 Å². The van der Waals surface area contributed by atoms with E-state index in [4.69, 9.17) is 18.9 Å². The summed E-state index contributed by atoms with van der Waals surface area (Å²) >= 11 is 1.03. The van der Waals surface area contributed by atoms with Crippen molar-refractivity contribution >= 4 is 34.6 Å². The van der Waals surface area contributed by atoms with E-state index in [1.54, 1.807) is 54.6 Å². The second-order valence-electron chi connectivity index (χ2n) is 8.67. The van der Waals surface area contributed by atoms with E-state index in [1.807, 2.05) is 25.1 Å². The predicted octanol–water partition coefficient (Wildman–Crippen LogP) is 3.64. The zero-order valence-corrected chi connectivity index (χ0v) is 24.1. The number of ether oxygens (including phenoxy) is 4. The summed E-state index contributed by atoms with van der Waals surface area (Å²) in [5.74, 6) is 1.11. The molecule has 0 aliphatic rings. The third kappa shape index (κ3) is 5.95. The molecule has 0 aliphatic carbocycles. The van der Waals surface area contributed by atoms with Gasteiger partial charge in [0.2, 0.25) is 5.75 Å². The molecule has 0 saturated heterocycles. The highest BCUT2D eigenvalue weighted by Crippen LogP contribution is 2.40. The van der Waals surface area contributed by atoms with Crippen LogP contribution in [0.2, 0.25) is 0 Å². The Morgan fingerprint density at radius 3 is 2.32 bits per heavy atom. The van der Waals surface area contributed by atoms with Crippen molar-refractivity contribution < 1.29 is 23.7 Å². The molecule has 3 aromatic carbocycles. The molecule has 1 heterocycles. The van der Waals surface area contributed by atoms with Gasteiger partial charge in [-0.3, -0.25) is 14.2 Å². The number of nitrogens with zero attached hydrogens (tertiary/aromatic N) is 2. The molecule has 0 spiro atoms. The SMILES string of the molecule is CCc1ccc(-n2c(=O)/c(=C/c3ccc(OC)c(OC)c3OC)s/c2=C(\C#N)C(=O)Nc2cccc(OC)c2)cc1. The molecular weight excluding hydrogens is 542 g/mol. The second kappa shape index (κ2) is 12.9. The maximum atomic E-state index is 13.9. The number of amides is 1. The average molecular weight is 572 g/mol. The number of nitrogens with one attached hydrogen (secondary N) is 1. The summed E-state index contributed by atoms with van der Waals surface area (Å²) in [7, 11) is 6.03. The van der Waals surface area contributed by atoms with Crippen LogP contribution in [0.3, 0.4) is 0 Å².